The number of rotatable bonds is 4. The van der Waals surface area contributed by atoms with E-state index >= 15 is 0 Å². The van der Waals surface area contributed by atoms with Crippen molar-refractivity contribution in [3.05, 3.63) is 53.5 Å². The molecule has 0 bridgehead atoms. The average molecular weight is 365 g/mol. The summed E-state index contributed by atoms with van der Waals surface area (Å²) in [6.45, 7) is 3.28. The lowest BCUT2D eigenvalue weighted by Gasteiger charge is -2.39. The Morgan fingerprint density at radius 3 is 2.44 bits per heavy atom. The van der Waals surface area contributed by atoms with Crippen LogP contribution in [-0.2, 0) is 17.6 Å². The molecule has 0 spiro atoms. The van der Waals surface area contributed by atoms with Gasteiger partial charge in [0.2, 0.25) is 5.91 Å². The lowest BCUT2D eigenvalue weighted by molar-refractivity contribution is -0.123. The first-order valence-electron chi connectivity index (χ1n) is 9.90. The number of nitrogens with two attached hydrogens (primary N) is 1. The van der Waals surface area contributed by atoms with E-state index in [0.29, 0.717) is 0 Å². The fourth-order valence-electron chi connectivity index (χ4n) is 4.34. The molecule has 1 aliphatic heterocycles. The van der Waals surface area contributed by atoms with E-state index in [9.17, 15) is 4.79 Å². The number of hydrogen-bond donors (Lipinski definition) is 1. The second kappa shape index (κ2) is 8.05. The number of carbonyl (C=O) groups excluding carboxylic acids is 1. The Balaban J connectivity index is 1.50. The number of hydrogen-bond acceptors (Lipinski definition) is 5. The zero-order valence-corrected chi connectivity index (χ0v) is 15.7. The number of nitrogens with zero attached hydrogens (tertiary/aromatic N) is 4. The Morgan fingerprint density at radius 2 is 1.70 bits per heavy atom. The highest BCUT2D eigenvalue weighted by Crippen LogP contribution is 2.28. The molecule has 1 aromatic carbocycles. The van der Waals surface area contributed by atoms with Crippen molar-refractivity contribution in [2.24, 2.45) is 5.73 Å². The molecule has 1 aliphatic carbocycles. The molecule has 27 heavy (non-hydrogen) atoms. The summed E-state index contributed by atoms with van der Waals surface area (Å²) in [6.07, 6.45) is 7.53. The number of carbonyl (C=O) groups is 1. The number of amides is 1. The Kier molecular flexibility index (Phi) is 5.34. The maximum atomic E-state index is 12.1. The van der Waals surface area contributed by atoms with Crippen molar-refractivity contribution in [2.75, 3.05) is 31.1 Å². The summed E-state index contributed by atoms with van der Waals surface area (Å²) in [5, 5.41) is 0. The topological polar surface area (TPSA) is 75.4 Å². The van der Waals surface area contributed by atoms with Crippen LogP contribution < -0.4 is 10.6 Å². The Morgan fingerprint density at radius 1 is 0.963 bits per heavy atom. The molecule has 6 heteroatoms. The molecular weight excluding hydrogens is 338 g/mol. The molecule has 1 amide bonds. The third-order valence-electron chi connectivity index (χ3n) is 5.72. The number of piperazine rings is 1. The number of aryl methyl sites for hydroxylation is 1. The van der Waals surface area contributed by atoms with Gasteiger partial charge in [-0.05, 0) is 31.2 Å². The van der Waals surface area contributed by atoms with Gasteiger partial charge in [0.1, 0.15) is 18.2 Å². The van der Waals surface area contributed by atoms with E-state index in [-0.39, 0.29) is 11.9 Å². The van der Waals surface area contributed by atoms with Gasteiger partial charge in [0.05, 0.1) is 0 Å². The molecule has 1 atom stereocenters. The van der Waals surface area contributed by atoms with Crippen molar-refractivity contribution < 1.29 is 4.79 Å². The van der Waals surface area contributed by atoms with Crippen molar-refractivity contribution in [1.82, 2.24) is 14.9 Å². The summed E-state index contributed by atoms with van der Waals surface area (Å²) >= 11 is 0. The van der Waals surface area contributed by atoms with Gasteiger partial charge in [-0.1, -0.05) is 36.8 Å². The molecule has 1 fully saturated rings. The van der Waals surface area contributed by atoms with Gasteiger partial charge in [0.25, 0.3) is 0 Å². The zero-order valence-electron chi connectivity index (χ0n) is 15.7. The van der Waals surface area contributed by atoms with Crippen LogP contribution in [0.1, 0.15) is 42.1 Å². The molecule has 2 aliphatic rings. The molecule has 2 heterocycles. The predicted octanol–water partition coefficient (Wildman–Crippen LogP) is 2.09. The normalized spacial score (nSPS) is 19.2. The van der Waals surface area contributed by atoms with E-state index in [1.54, 1.807) is 6.33 Å². The Bertz CT molecular complexity index is 786. The van der Waals surface area contributed by atoms with E-state index in [1.165, 1.54) is 30.5 Å². The van der Waals surface area contributed by atoms with Gasteiger partial charge >= 0.3 is 0 Å². The maximum absolute atomic E-state index is 12.1. The van der Waals surface area contributed by atoms with Gasteiger partial charge in [-0.2, -0.15) is 0 Å². The second-order valence-electron chi connectivity index (χ2n) is 7.42. The van der Waals surface area contributed by atoms with Crippen LogP contribution in [0.15, 0.2) is 36.7 Å². The number of fused-ring (bicyclic) bond motifs is 1. The quantitative estimate of drug-likeness (QED) is 0.840. The largest absolute Gasteiger partial charge is 0.368 e. The number of benzene rings is 1. The molecule has 1 aromatic heterocycles. The highest BCUT2D eigenvalue weighted by atomic mass is 16.1. The van der Waals surface area contributed by atoms with E-state index in [4.69, 9.17) is 5.73 Å². The fourth-order valence-corrected chi connectivity index (χ4v) is 4.34. The molecule has 2 N–H and O–H groups in total. The smallest absolute Gasteiger partial charge is 0.239 e. The lowest BCUT2D eigenvalue weighted by Crippen LogP contribution is -2.50. The first-order valence-corrected chi connectivity index (χ1v) is 9.90. The highest BCUT2D eigenvalue weighted by molar-refractivity contribution is 5.81. The SMILES string of the molecule is NC(=O)C(c1ccccc1)N1CCN(c2ncnc3c2CCCCC3)CC1. The lowest BCUT2D eigenvalue weighted by atomic mass is 10.0. The van der Waals surface area contributed by atoms with Crippen LogP contribution in [0, 0.1) is 0 Å². The monoisotopic (exact) mass is 365 g/mol. The van der Waals surface area contributed by atoms with Crippen LogP contribution in [-0.4, -0.2) is 47.0 Å². The van der Waals surface area contributed by atoms with Gasteiger partial charge in [-0.3, -0.25) is 9.69 Å². The molecule has 1 saturated heterocycles. The van der Waals surface area contributed by atoms with Crippen LogP contribution in [0.3, 0.4) is 0 Å². The molecule has 0 radical (unpaired) electrons. The van der Waals surface area contributed by atoms with Crippen molar-refractivity contribution >= 4 is 11.7 Å². The summed E-state index contributed by atoms with van der Waals surface area (Å²) in [5.41, 5.74) is 9.26. The van der Waals surface area contributed by atoms with Crippen LogP contribution in [0.25, 0.3) is 0 Å². The third kappa shape index (κ3) is 3.81. The zero-order chi connectivity index (χ0) is 18.6. The Labute approximate surface area is 160 Å². The highest BCUT2D eigenvalue weighted by Gasteiger charge is 2.30. The standard InChI is InChI=1S/C21H27N5O/c22-20(27)19(16-7-3-1-4-8-16)25-11-13-26(14-12-25)21-17-9-5-2-6-10-18(17)23-15-24-21/h1,3-4,7-8,15,19H,2,5-6,9-14H2,(H2,22,27). The summed E-state index contributed by atoms with van der Waals surface area (Å²) in [7, 11) is 0. The van der Waals surface area contributed by atoms with E-state index in [0.717, 1.165) is 50.4 Å². The number of anilines is 1. The van der Waals surface area contributed by atoms with E-state index in [1.807, 2.05) is 30.3 Å². The minimum atomic E-state index is -0.365. The van der Waals surface area contributed by atoms with Crippen LogP contribution in [0.2, 0.25) is 0 Å². The molecular formula is C21H27N5O. The second-order valence-corrected chi connectivity index (χ2v) is 7.42. The van der Waals surface area contributed by atoms with Gasteiger partial charge in [-0.25, -0.2) is 9.97 Å². The summed E-state index contributed by atoms with van der Waals surface area (Å²) in [5.74, 6) is 0.808. The first-order chi connectivity index (χ1) is 13.2. The first kappa shape index (κ1) is 17.9. The van der Waals surface area contributed by atoms with Crippen LogP contribution in [0.4, 0.5) is 5.82 Å². The van der Waals surface area contributed by atoms with E-state index in [2.05, 4.69) is 19.8 Å². The molecule has 142 valence electrons. The van der Waals surface area contributed by atoms with E-state index < -0.39 is 0 Å². The van der Waals surface area contributed by atoms with Crippen molar-refractivity contribution in [3.63, 3.8) is 0 Å². The van der Waals surface area contributed by atoms with Gasteiger partial charge in [0.15, 0.2) is 0 Å². The van der Waals surface area contributed by atoms with Gasteiger partial charge in [0, 0.05) is 37.4 Å². The minimum absolute atomic E-state index is 0.287. The molecule has 2 aromatic rings. The summed E-state index contributed by atoms with van der Waals surface area (Å²) in [6, 6.07) is 9.46. The van der Waals surface area contributed by atoms with Crippen LogP contribution >= 0.6 is 0 Å². The van der Waals surface area contributed by atoms with Crippen molar-refractivity contribution in [2.45, 2.75) is 38.1 Å². The fraction of sp³-hybridized carbons (Fsp3) is 0.476. The van der Waals surface area contributed by atoms with Gasteiger partial charge in [-0.15, -0.1) is 0 Å². The van der Waals surface area contributed by atoms with Crippen LogP contribution in [0.5, 0.6) is 0 Å². The number of primary amides is 1. The summed E-state index contributed by atoms with van der Waals surface area (Å²) in [4.78, 5) is 25.8. The van der Waals surface area contributed by atoms with Crippen molar-refractivity contribution in [1.29, 1.82) is 0 Å². The molecule has 0 saturated carbocycles. The maximum Gasteiger partial charge on any atom is 0.239 e. The average Bonchev–Trinajstić information content (AvgIpc) is 2.95. The minimum Gasteiger partial charge on any atom is -0.368 e. The third-order valence-corrected chi connectivity index (χ3v) is 5.72. The summed E-state index contributed by atoms with van der Waals surface area (Å²) < 4.78 is 0. The Hall–Kier alpha value is -2.47. The molecule has 6 nitrogen and oxygen atoms in total. The molecule has 1 unspecified atom stereocenters. The predicted molar refractivity (Wildman–Crippen MR) is 105 cm³/mol. The van der Waals surface area contributed by atoms with Gasteiger partial charge < -0.3 is 10.6 Å². The molecule has 4 rings (SSSR count). The number of aromatic nitrogens is 2. The van der Waals surface area contributed by atoms with Crippen molar-refractivity contribution in [3.8, 4) is 0 Å².